The van der Waals surface area contributed by atoms with Crippen molar-refractivity contribution >= 4 is 0 Å². The largest absolute Gasteiger partial charge is 0.391 e. The molecule has 0 radical (unpaired) electrons. The summed E-state index contributed by atoms with van der Waals surface area (Å²) >= 11 is 0. The van der Waals surface area contributed by atoms with E-state index in [1.807, 2.05) is 27.7 Å². The third kappa shape index (κ3) is 86.0. The van der Waals surface area contributed by atoms with Gasteiger partial charge in [0.1, 0.15) is 22.7 Å². The van der Waals surface area contributed by atoms with E-state index in [0.29, 0.717) is 75.1 Å². The number of hydrogen-bond acceptors (Lipinski definition) is 12. The zero-order chi connectivity index (χ0) is 100. The summed E-state index contributed by atoms with van der Waals surface area (Å²) in [5.41, 5.74) is -3.87. The molecule has 0 saturated heterocycles. The highest BCUT2D eigenvalue weighted by atomic mass is 19.2. The molecule has 0 aromatic heterocycles. The Balaban J connectivity index is -0.000000110. The topological polar surface area (TPSA) is 177 Å². The van der Waals surface area contributed by atoms with Crippen LogP contribution in [-0.4, -0.2) is 165 Å². The lowest BCUT2D eigenvalue weighted by molar-refractivity contribution is -0.0762. The molecule has 0 aromatic rings. The molecule has 0 fully saturated rings. The molecule has 0 amide bonds. The molecule has 0 unspecified atom stereocenters. The minimum atomic E-state index is -1.06. The highest BCUT2D eigenvalue weighted by molar-refractivity contribution is 4.88. The fraction of sp³-hybridized carbons (Fsp3) is 1.00. The van der Waals surface area contributed by atoms with Crippen molar-refractivity contribution in [3.63, 3.8) is 0 Å². The molecule has 12 nitrogen and oxygen atoms in total. The molecule has 0 rings (SSSR count). The Morgan fingerprint density at radius 2 is 0.287 bits per heavy atom. The van der Waals surface area contributed by atoms with Crippen molar-refractivity contribution in [3.05, 3.63) is 0 Å². The lowest BCUT2D eigenvalue weighted by atomic mass is 9.74. The summed E-state index contributed by atoms with van der Waals surface area (Å²) in [7, 11) is 0. The van der Waals surface area contributed by atoms with Gasteiger partial charge in [-0.15, -0.1) is 0 Å². The summed E-state index contributed by atoms with van der Waals surface area (Å²) in [4.78, 5) is 0. The molecular formula is C106H232F4O12. The Labute approximate surface area is 764 Å². The van der Waals surface area contributed by atoms with Gasteiger partial charge in [-0.05, 0) is 266 Å². The zero-order valence-electron chi connectivity index (χ0n) is 92.4. The van der Waals surface area contributed by atoms with E-state index in [1.165, 1.54) is 0 Å². The Kier molecular flexibility index (Phi) is 73.6. The maximum absolute atomic E-state index is 13.3. The Hall–Kier alpha value is -0.760. The van der Waals surface area contributed by atoms with Crippen LogP contribution in [0.15, 0.2) is 0 Å². The monoisotopic (exact) mass is 1770 g/mol. The van der Waals surface area contributed by atoms with Crippen molar-refractivity contribution in [1.82, 2.24) is 0 Å². The van der Waals surface area contributed by atoms with Gasteiger partial charge >= 0.3 is 0 Å². The first-order valence-corrected chi connectivity index (χ1v) is 46.3. The maximum atomic E-state index is 13.3. The predicted molar refractivity (Wildman–Crippen MR) is 532 cm³/mol. The smallest absolute Gasteiger partial charge is 0.108 e. The van der Waals surface area contributed by atoms with Crippen LogP contribution < -0.4 is 0 Å². The van der Waals surface area contributed by atoms with E-state index in [9.17, 15) is 27.8 Å². The maximum Gasteiger partial charge on any atom is 0.108 e. The number of rotatable bonds is 28. The van der Waals surface area contributed by atoms with Gasteiger partial charge in [-0.1, -0.05) is 292 Å². The second-order valence-corrected chi connectivity index (χ2v) is 50.7. The summed E-state index contributed by atoms with van der Waals surface area (Å²) in [6, 6.07) is 0. The highest BCUT2D eigenvalue weighted by Gasteiger charge is 2.39. The van der Waals surface area contributed by atoms with E-state index < -0.39 is 33.9 Å². The molecule has 756 valence electrons. The SMILES string of the molecule is C.C.C[C@@H](C(C)(C)C)C(C)(C)F.C[C@@H](C(C)(C)C)C(C)(C)F.C[C@@H](O)CO[C@H](C)[C@H](C)C(C)(C)C.C[C@@H](OCC(C)(C)O)[C@H](C)C(C)(C)C.C[C@H](C(C)(C)C)C(C)(C)F.C[C@H](C(C)(C)C)C(C)(C)F.C[C@H](O)CO[C@@H](C)[C@@H](C)C(C)(C)C.C[C@H](O)CO[C@H](C)[C@H](C)C(C)(C)C.C[C@H](OCC(C)(C)O)[C@H](C)C(C)(C)C.C[C@H](OC[C@@H](C)O)[C@@H](C)C(C)(C)C. The van der Waals surface area contributed by atoms with Gasteiger partial charge in [0.15, 0.2) is 0 Å². The quantitative estimate of drug-likeness (QED) is 0.0410. The lowest BCUT2D eigenvalue weighted by Gasteiger charge is -2.34. The van der Waals surface area contributed by atoms with E-state index in [1.54, 1.807) is 111 Å². The summed E-state index contributed by atoms with van der Waals surface area (Å²) in [5.74, 6) is 3.31. The van der Waals surface area contributed by atoms with Gasteiger partial charge in [0.2, 0.25) is 0 Å². The van der Waals surface area contributed by atoms with Crippen LogP contribution in [-0.2, 0) is 28.4 Å². The number of aliphatic hydroxyl groups is 6. The zero-order valence-corrected chi connectivity index (χ0v) is 92.4. The average molecular weight is 1780 g/mol. The van der Waals surface area contributed by atoms with Crippen molar-refractivity contribution in [2.45, 2.75) is 539 Å². The van der Waals surface area contributed by atoms with Crippen LogP contribution in [0.4, 0.5) is 17.6 Å². The van der Waals surface area contributed by atoms with Crippen molar-refractivity contribution in [1.29, 1.82) is 0 Å². The molecule has 0 aliphatic rings. The minimum absolute atomic E-state index is 0. The standard InChI is InChI=1S/2C12H26O2.4C11H24O2.4C9H19F.2CH4/c2*1-9(11(3,4)5)10(2)14-8-12(6,7)13;4*1-8(12)7-13-10(3)9(2)11(4,5)6;4*1-7(8(2,3)4)9(5,6)10;;/h2*9-10,13H,8H2,1-7H3;4*8-10,12H,7H2,1-6H3;4*7H,1-6H3;2*1H4/t9-,10+;9-,10-;2*8-,9+,10-;2*8-,9-,10+;4*7-;;/m0010101100../s1. The van der Waals surface area contributed by atoms with E-state index in [-0.39, 0.29) is 154 Å². The van der Waals surface area contributed by atoms with Crippen LogP contribution in [0, 0.1) is 113 Å². The number of halogens is 4. The molecule has 20 atom stereocenters. The van der Waals surface area contributed by atoms with Crippen LogP contribution in [0.3, 0.4) is 0 Å². The summed E-state index contributed by atoms with van der Waals surface area (Å²) in [5, 5.41) is 55.3. The van der Waals surface area contributed by atoms with Gasteiger partial charge in [0, 0.05) is 0 Å². The first-order chi connectivity index (χ1) is 51.7. The number of aliphatic hydroxyl groups excluding tert-OH is 4. The van der Waals surface area contributed by atoms with Gasteiger partial charge in [-0.2, -0.15) is 0 Å². The predicted octanol–water partition coefficient (Wildman–Crippen LogP) is 30.4. The van der Waals surface area contributed by atoms with Gasteiger partial charge in [-0.3, -0.25) is 0 Å². The Morgan fingerprint density at radius 3 is 0.344 bits per heavy atom. The van der Waals surface area contributed by atoms with E-state index in [4.69, 9.17) is 48.8 Å². The molecular weight excluding hydrogens is 1540 g/mol. The molecule has 0 heterocycles. The van der Waals surface area contributed by atoms with Gasteiger partial charge in [0.25, 0.3) is 0 Å². The van der Waals surface area contributed by atoms with Crippen LogP contribution >= 0.6 is 0 Å². The van der Waals surface area contributed by atoms with Gasteiger partial charge in [0.05, 0.1) is 112 Å². The molecule has 0 aliphatic carbocycles. The van der Waals surface area contributed by atoms with Crippen LogP contribution in [0.2, 0.25) is 0 Å². The van der Waals surface area contributed by atoms with Gasteiger partial charge < -0.3 is 59.1 Å². The van der Waals surface area contributed by atoms with E-state index >= 15 is 0 Å². The number of hydrogen-bond donors (Lipinski definition) is 6. The van der Waals surface area contributed by atoms with Crippen molar-refractivity contribution < 1.29 is 76.6 Å². The molecule has 0 bridgehead atoms. The van der Waals surface area contributed by atoms with E-state index in [0.717, 1.165) is 0 Å². The highest BCUT2D eigenvalue weighted by Crippen LogP contribution is 2.41. The number of ether oxygens (including phenoxy) is 6. The molecule has 0 aromatic carbocycles. The van der Waals surface area contributed by atoms with Crippen LogP contribution in [0.5, 0.6) is 0 Å². The molecule has 0 aliphatic heterocycles. The minimum Gasteiger partial charge on any atom is -0.391 e. The first-order valence-electron chi connectivity index (χ1n) is 46.3. The fourth-order valence-corrected chi connectivity index (χ4v) is 11.0. The van der Waals surface area contributed by atoms with Crippen molar-refractivity contribution in [2.24, 2.45) is 113 Å². The van der Waals surface area contributed by atoms with Crippen LogP contribution in [0.1, 0.15) is 444 Å². The Morgan fingerprint density at radius 1 is 0.189 bits per heavy atom. The first kappa shape index (κ1) is 147. The summed E-state index contributed by atoms with van der Waals surface area (Å²) in [6.45, 7) is 128. The van der Waals surface area contributed by atoms with Crippen molar-refractivity contribution in [3.8, 4) is 0 Å². The van der Waals surface area contributed by atoms with Crippen LogP contribution in [0.25, 0.3) is 0 Å². The van der Waals surface area contributed by atoms with E-state index in [2.05, 4.69) is 291 Å². The fourth-order valence-electron chi connectivity index (χ4n) is 11.0. The summed E-state index contributed by atoms with van der Waals surface area (Å²) < 4.78 is 86.6. The third-order valence-electron chi connectivity index (χ3n) is 25.5. The third-order valence-corrected chi connectivity index (χ3v) is 25.5. The molecule has 0 saturated carbocycles. The normalized spacial score (nSPS) is 18.1. The molecule has 16 heteroatoms. The molecule has 122 heavy (non-hydrogen) atoms. The second-order valence-electron chi connectivity index (χ2n) is 50.7. The summed E-state index contributed by atoms with van der Waals surface area (Å²) in [6.07, 6.45) is -0.287. The Bertz CT molecular complexity index is 2050. The van der Waals surface area contributed by atoms with Gasteiger partial charge in [-0.25, -0.2) is 17.6 Å². The molecule has 6 N–H and O–H groups in total. The second kappa shape index (κ2) is 61.1. The number of alkyl halides is 4. The average Bonchev–Trinajstić information content (AvgIpc) is 0.862. The van der Waals surface area contributed by atoms with Crippen molar-refractivity contribution in [2.75, 3.05) is 39.6 Å². The lowest BCUT2D eigenvalue weighted by Crippen LogP contribution is -2.34. The molecule has 0 spiro atoms.